The molecule has 10 heteroatoms. The molecule has 0 saturated heterocycles. The summed E-state index contributed by atoms with van der Waals surface area (Å²) in [5.41, 5.74) is 2.98. The summed E-state index contributed by atoms with van der Waals surface area (Å²) in [6.45, 7) is 6.94. The van der Waals surface area contributed by atoms with Gasteiger partial charge in [-0.05, 0) is 77.7 Å². The highest BCUT2D eigenvalue weighted by molar-refractivity contribution is 9.10. The maximum atomic E-state index is 13.9. The number of Topliss-reactive ketones (excluding diaryl/α,β-unsaturated/α-hetero) is 1. The molecule has 0 fully saturated rings. The molecule has 0 spiro atoms. The number of halogens is 1. The number of hydrogen-bond donors (Lipinski definition) is 1. The lowest BCUT2D eigenvalue weighted by atomic mass is 9.97. The molecule has 0 aliphatic carbocycles. The van der Waals surface area contributed by atoms with Crippen LogP contribution in [0.4, 0.5) is 5.13 Å². The van der Waals surface area contributed by atoms with Crippen LogP contribution in [0.25, 0.3) is 11.0 Å². The number of hydrogen-bond acceptors (Lipinski definition) is 8. The molecule has 1 aliphatic heterocycles. The molecule has 2 aromatic heterocycles. The molecule has 3 heterocycles. The highest BCUT2D eigenvalue weighted by Gasteiger charge is 2.45. The van der Waals surface area contributed by atoms with Crippen LogP contribution in [0.3, 0.4) is 0 Å². The lowest BCUT2D eigenvalue weighted by Crippen LogP contribution is -2.29. The number of rotatable bonds is 4. The van der Waals surface area contributed by atoms with Crippen molar-refractivity contribution >= 4 is 55.1 Å². The van der Waals surface area contributed by atoms with E-state index in [9.17, 15) is 19.5 Å². The number of thiazole rings is 1. The summed E-state index contributed by atoms with van der Waals surface area (Å²) in [6.07, 6.45) is 0. The average Bonchev–Trinajstić information content (AvgIpc) is 3.34. The number of carbonyl (C=O) groups is 2. The van der Waals surface area contributed by atoms with Crippen molar-refractivity contribution in [2.24, 2.45) is 0 Å². The van der Waals surface area contributed by atoms with Crippen LogP contribution in [-0.2, 0) is 0 Å². The highest BCUT2D eigenvalue weighted by Crippen LogP contribution is 2.46. The standard InChI is InChI=1S/C26H21BrN2O6S/c1-10-6-15-17(7-11(10)2)35-23-19(21(15)31)20(14-8-16(27)22(32)18(9-14)34-5)29(25(23)33)26-28-12(3)24(36-26)13(4)30/h6-9,20,32H,1-5H3. The number of aryl methyl sites for hydroxylation is 3. The quantitative estimate of drug-likeness (QED) is 0.319. The summed E-state index contributed by atoms with van der Waals surface area (Å²) >= 11 is 4.41. The maximum Gasteiger partial charge on any atom is 0.297 e. The number of nitrogens with zero attached hydrogens (tertiary/aromatic N) is 2. The van der Waals surface area contributed by atoms with E-state index in [1.165, 1.54) is 18.9 Å². The second kappa shape index (κ2) is 8.56. The van der Waals surface area contributed by atoms with E-state index >= 15 is 0 Å². The highest BCUT2D eigenvalue weighted by atomic mass is 79.9. The van der Waals surface area contributed by atoms with Gasteiger partial charge in [0.25, 0.3) is 5.91 Å². The van der Waals surface area contributed by atoms with Gasteiger partial charge >= 0.3 is 0 Å². The van der Waals surface area contributed by atoms with Crippen molar-refractivity contribution in [3.63, 3.8) is 0 Å². The minimum Gasteiger partial charge on any atom is -0.503 e. The summed E-state index contributed by atoms with van der Waals surface area (Å²) in [6, 6.07) is 5.77. The van der Waals surface area contributed by atoms with Gasteiger partial charge in [-0.3, -0.25) is 19.3 Å². The lowest BCUT2D eigenvalue weighted by Gasteiger charge is -2.23. The Balaban J connectivity index is 1.85. The van der Waals surface area contributed by atoms with E-state index in [4.69, 9.17) is 9.15 Å². The minimum absolute atomic E-state index is 0.0823. The fourth-order valence-corrected chi connectivity index (χ4v) is 5.91. The SMILES string of the molecule is COc1cc(C2c3c(oc4cc(C)c(C)cc4c3=O)C(=O)N2c2nc(C)c(C(C)=O)s2)cc(Br)c1O. The van der Waals surface area contributed by atoms with Crippen LogP contribution < -0.4 is 15.1 Å². The number of anilines is 1. The number of ketones is 1. The molecular weight excluding hydrogens is 548 g/mol. The van der Waals surface area contributed by atoms with Gasteiger partial charge in [-0.25, -0.2) is 4.98 Å². The van der Waals surface area contributed by atoms with Gasteiger partial charge in [0.05, 0.1) is 39.1 Å². The first kappa shape index (κ1) is 24.2. The first-order valence-corrected chi connectivity index (χ1v) is 12.6. The number of ether oxygens (including phenoxy) is 1. The number of phenolic OH excluding ortho intramolecular Hbond substituents is 1. The van der Waals surface area contributed by atoms with Gasteiger partial charge < -0.3 is 14.3 Å². The number of aromatic hydroxyl groups is 1. The predicted octanol–water partition coefficient (Wildman–Crippen LogP) is 5.60. The Bertz CT molecular complexity index is 1670. The molecule has 0 bridgehead atoms. The van der Waals surface area contributed by atoms with E-state index in [1.807, 2.05) is 13.8 Å². The largest absolute Gasteiger partial charge is 0.503 e. The van der Waals surface area contributed by atoms with Gasteiger partial charge in [-0.15, -0.1) is 0 Å². The van der Waals surface area contributed by atoms with E-state index in [1.54, 1.807) is 31.2 Å². The number of aromatic nitrogens is 1. The smallest absolute Gasteiger partial charge is 0.297 e. The van der Waals surface area contributed by atoms with Crippen molar-refractivity contribution in [2.75, 3.05) is 12.0 Å². The van der Waals surface area contributed by atoms with E-state index in [2.05, 4.69) is 20.9 Å². The van der Waals surface area contributed by atoms with Crippen molar-refractivity contribution < 1.29 is 23.8 Å². The molecular formula is C26H21BrN2O6S. The van der Waals surface area contributed by atoms with Crippen molar-refractivity contribution in [2.45, 2.75) is 33.7 Å². The van der Waals surface area contributed by atoms with E-state index in [-0.39, 0.29) is 39.2 Å². The molecule has 36 heavy (non-hydrogen) atoms. The topological polar surface area (TPSA) is 110 Å². The number of phenols is 1. The lowest BCUT2D eigenvalue weighted by molar-refractivity contribution is 0.0969. The zero-order chi connectivity index (χ0) is 26.0. The van der Waals surface area contributed by atoms with Crippen molar-refractivity contribution in [3.05, 3.63) is 77.5 Å². The Labute approximate surface area is 218 Å². The zero-order valence-corrected chi connectivity index (χ0v) is 22.5. The Morgan fingerprint density at radius 1 is 1.17 bits per heavy atom. The second-order valence-electron chi connectivity index (χ2n) is 8.71. The summed E-state index contributed by atoms with van der Waals surface area (Å²) in [7, 11) is 1.41. The first-order chi connectivity index (χ1) is 17.0. The third kappa shape index (κ3) is 3.55. The molecule has 4 aromatic rings. The van der Waals surface area contributed by atoms with Gasteiger partial charge in [0.1, 0.15) is 5.58 Å². The summed E-state index contributed by atoms with van der Waals surface area (Å²) < 4.78 is 11.7. The van der Waals surface area contributed by atoms with E-state index < -0.39 is 11.9 Å². The number of benzene rings is 2. The Morgan fingerprint density at radius 2 is 1.86 bits per heavy atom. The molecule has 0 radical (unpaired) electrons. The Hall–Kier alpha value is -3.50. The van der Waals surface area contributed by atoms with E-state index in [0.29, 0.717) is 31.6 Å². The Morgan fingerprint density at radius 3 is 2.50 bits per heavy atom. The maximum absolute atomic E-state index is 13.9. The van der Waals surface area contributed by atoms with Crippen LogP contribution >= 0.6 is 27.3 Å². The molecule has 1 atom stereocenters. The van der Waals surface area contributed by atoms with E-state index in [0.717, 1.165) is 22.5 Å². The number of fused-ring (bicyclic) bond motifs is 2. The van der Waals surface area contributed by atoms with Crippen LogP contribution in [0, 0.1) is 20.8 Å². The molecule has 2 aromatic carbocycles. The molecule has 1 aliphatic rings. The molecule has 0 saturated carbocycles. The molecule has 8 nitrogen and oxygen atoms in total. The molecule has 5 rings (SSSR count). The summed E-state index contributed by atoms with van der Waals surface area (Å²) in [5, 5.41) is 11.0. The van der Waals surface area contributed by atoms with Crippen molar-refractivity contribution in [3.8, 4) is 11.5 Å². The molecule has 1 amide bonds. The number of carbonyl (C=O) groups excluding carboxylic acids is 2. The first-order valence-electron chi connectivity index (χ1n) is 11.0. The van der Waals surface area contributed by atoms with Gasteiger partial charge in [-0.1, -0.05) is 11.3 Å². The summed E-state index contributed by atoms with van der Waals surface area (Å²) in [4.78, 5) is 46.1. The minimum atomic E-state index is -0.925. The van der Waals surface area contributed by atoms with Gasteiger partial charge in [0.2, 0.25) is 5.76 Å². The van der Waals surface area contributed by atoms with Crippen LogP contribution in [0.5, 0.6) is 11.5 Å². The monoisotopic (exact) mass is 568 g/mol. The number of methoxy groups -OCH3 is 1. The average molecular weight is 569 g/mol. The van der Waals surface area contributed by atoms with Crippen LogP contribution in [0.2, 0.25) is 0 Å². The third-order valence-corrected chi connectivity index (χ3v) is 8.25. The van der Waals surface area contributed by atoms with Crippen molar-refractivity contribution in [1.82, 2.24) is 4.98 Å². The van der Waals surface area contributed by atoms with Crippen LogP contribution in [0.15, 0.2) is 37.9 Å². The van der Waals surface area contributed by atoms with Crippen LogP contribution in [0.1, 0.15) is 61.1 Å². The van der Waals surface area contributed by atoms with Crippen molar-refractivity contribution in [1.29, 1.82) is 0 Å². The summed E-state index contributed by atoms with van der Waals surface area (Å²) in [5.74, 6) is -0.744. The van der Waals surface area contributed by atoms with Gasteiger partial charge in [0.15, 0.2) is 27.8 Å². The predicted molar refractivity (Wildman–Crippen MR) is 140 cm³/mol. The van der Waals surface area contributed by atoms with Gasteiger partial charge in [0, 0.05) is 6.92 Å². The second-order valence-corrected chi connectivity index (χ2v) is 10.5. The normalized spacial score (nSPS) is 15.0. The molecule has 184 valence electrons. The molecule has 1 unspecified atom stereocenters. The fraction of sp³-hybridized carbons (Fsp3) is 0.231. The zero-order valence-electron chi connectivity index (χ0n) is 20.1. The fourth-order valence-electron chi connectivity index (χ4n) is 4.46. The van der Waals surface area contributed by atoms with Crippen LogP contribution in [-0.4, -0.2) is 28.9 Å². The molecule has 1 N–H and O–H groups in total. The number of amides is 1. The van der Waals surface area contributed by atoms with Gasteiger partial charge in [-0.2, -0.15) is 0 Å². The third-order valence-electron chi connectivity index (χ3n) is 6.38. The Kier molecular flexibility index (Phi) is 5.76.